The molecule has 1 aliphatic heterocycles. The van der Waals surface area contributed by atoms with Gasteiger partial charge in [-0.2, -0.15) is 5.10 Å². The van der Waals surface area contributed by atoms with E-state index in [0.29, 0.717) is 42.2 Å². The minimum Gasteiger partial charge on any atom is -0.462 e. The fourth-order valence-corrected chi connectivity index (χ4v) is 3.33. The normalized spacial score (nSPS) is 17.1. The number of hydrogen-bond acceptors (Lipinski definition) is 6. The summed E-state index contributed by atoms with van der Waals surface area (Å²) in [5, 5.41) is 4.14. The molecule has 1 atom stereocenters. The average molecular weight is 380 g/mol. The highest BCUT2D eigenvalue weighted by atomic mass is 19.1. The monoisotopic (exact) mass is 380 g/mol. The molecular formula is C19H18BFN4O3. The van der Waals surface area contributed by atoms with E-state index in [2.05, 4.69) is 10.1 Å². The molecule has 0 spiro atoms. The molecule has 2 radical (unpaired) electrons. The van der Waals surface area contributed by atoms with Crippen LogP contribution in [0.25, 0.3) is 5.65 Å². The number of benzene rings is 1. The van der Waals surface area contributed by atoms with Crippen LogP contribution in [0.4, 0.5) is 10.2 Å². The Morgan fingerprint density at radius 2 is 2.29 bits per heavy atom. The van der Waals surface area contributed by atoms with Gasteiger partial charge in [-0.05, 0) is 19.1 Å². The van der Waals surface area contributed by atoms with E-state index in [-0.39, 0.29) is 24.0 Å². The molecule has 142 valence electrons. The first-order valence-corrected chi connectivity index (χ1v) is 8.99. The molecule has 0 saturated carbocycles. The highest BCUT2D eigenvalue weighted by Crippen LogP contribution is 2.30. The van der Waals surface area contributed by atoms with Gasteiger partial charge in [-0.15, -0.1) is 0 Å². The van der Waals surface area contributed by atoms with Crippen molar-refractivity contribution in [1.82, 2.24) is 14.6 Å². The number of hydrogen-bond donors (Lipinski definition) is 0. The quantitative estimate of drug-likeness (QED) is 0.504. The molecule has 0 aliphatic carbocycles. The van der Waals surface area contributed by atoms with Gasteiger partial charge >= 0.3 is 5.97 Å². The van der Waals surface area contributed by atoms with E-state index < -0.39 is 5.97 Å². The molecule has 28 heavy (non-hydrogen) atoms. The van der Waals surface area contributed by atoms with E-state index >= 15 is 0 Å². The minimum atomic E-state index is -0.484. The lowest BCUT2D eigenvalue weighted by molar-refractivity contribution is 0.0528. The predicted octanol–water partition coefficient (Wildman–Crippen LogP) is 1.42. The molecule has 3 aromatic rings. The van der Waals surface area contributed by atoms with Crippen molar-refractivity contribution in [2.75, 3.05) is 31.3 Å². The summed E-state index contributed by atoms with van der Waals surface area (Å²) in [4.78, 5) is 18.7. The standard InChI is InChI=1S/C19H18BFN4O3/c1-2-28-19(26)14-10-22-25-6-5-17(23-18(14)25)24-7-8-27-11-16(24)13-9-12(20)3-4-15(13)21/h3-6,9-10,16H,2,7-8,11H2,1H3. The smallest absolute Gasteiger partial charge is 0.343 e. The fourth-order valence-electron chi connectivity index (χ4n) is 3.33. The van der Waals surface area contributed by atoms with Crippen LogP contribution in [0.5, 0.6) is 0 Å². The van der Waals surface area contributed by atoms with Gasteiger partial charge < -0.3 is 14.4 Å². The number of esters is 1. The molecule has 1 aliphatic rings. The van der Waals surface area contributed by atoms with Crippen molar-refractivity contribution in [2.45, 2.75) is 13.0 Å². The second kappa shape index (κ2) is 7.59. The summed E-state index contributed by atoms with van der Waals surface area (Å²) in [6, 6.07) is 5.88. The Balaban J connectivity index is 1.75. The summed E-state index contributed by atoms with van der Waals surface area (Å²) in [5.41, 5.74) is 1.59. The van der Waals surface area contributed by atoms with Crippen LogP contribution in [0.1, 0.15) is 28.9 Å². The van der Waals surface area contributed by atoms with Crippen LogP contribution in [0.15, 0.2) is 36.7 Å². The maximum atomic E-state index is 14.5. The van der Waals surface area contributed by atoms with Crippen LogP contribution < -0.4 is 10.4 Å². The van der Waals surface area contributed by atoms with E-state index in [1.54, 1.807) is 25.3 Å². The Morgan fingerprint density at radius 1 is 1.43 bits per heavy atom. The van der Waals surface area contributed by atoms with E-state index in [1.165, 1.54) is 22.8 Å². The molecule has 0 bridgehead atoms. The molecule has 9 heteroatoms. The number of anilines is 1. The summed E-state index contributed by atoms with van der Waals surface area (Å²) in [6.45, 7) is 3.30. The molecule has 0 amide bonds. The van der Waals surface area contributed by atoms with Crippen LogP contribution in [0, 0.1) is 5.82 Å². The molecule has 3 heterocycles. The van der Waals surface area contributed by atoms with E-state index in [1.807, 2.05) is 4.90 Å². The first-order valence-electron chi connectivity index (χ1n) is 8.99. The summed E-state index contributed by atoms with van der Waals surface area (Å²) in [6.07, 6.45) is 3.14. The van der Waals surface area contributed by atoms with E-state index in [9.17, 15) is 9.18 Å². The molecule has 1 aromatic carbocycles. The molecule has 4 rings (SSSR count). The molecule has 0 N–H and O–H groups in total. The number of nitrogens with zero attached hydrogens (tertiary/aromatic N) is 4. The van der Waals surface area contributed by atoms with Crippen molar-refractivity contribution in [3.8, 4) is 0 Å². The number of morpholine rings is 1. The van der Waals surface area contributed by atoms with Gasteiger partial charge in [-0.1, -0.05) is 17.6 Å². The number of carbonyl (C=O) groups excluding carboxylic acids is 1. The molecule has 1 saturated heterocycles. The van der Waals surface area contributed by atoms with Crippen LogP contribution >= 0.6 is 0 Å². The third-order valence-corrected chi connectivity index (χ3v) is 4.65. The van der Waals surface area contributed by atoms with Crippen molar-refractivity contribution < 1.29 is 18.7 Å². The second-order valence-corrected chi connectivity index (χ2v) is 6.40. The summed E-state index contributed by atoms with van der Waals surface area (Å²) in [7, 11) is 5.86. The van der Waals surface area contributed by atoms with Gasteiger partial charge in [-0.25, -0.2) is 18.7 Å². The zero-order valence-corrected chi connectivity index (χ0v) is 15.3. The van der Waals surface area contributed by atoms with Gasteiger partial charge in [0.15, 0.2) is 5.65 Å². The summed E-state index contributed by atoms with van der Waals surface area (Å²) >= 11 is 0. The molecule has 1 fully saturated rings. The van der Waals surface area contributed by atoms with Crippen molar-refractivity contribution in [3.63, 3.8) is 0 Å². The lowest BCUT2D eigenvalue weighted by Gasteiger charge is -2.37. The zero-order chi connectivity index (χ0) is 19.7. The van der Waals surface area contributed by atoms with Crippen molar-refractivity contribution in [1.29, 1.82) is 0 Å². The number of halogens is 1. The molecular weight excluding hydrogens is 362 g/mol. The Morgan fingerprint density at radius 3 is 3.11 bits per heavy atom. The second-order valence-electron chi connectivity index (χ2n) is 6.40. The van der Waals surface area contributed by atoms with Gasteiger partial charge in [0, 0.05) is 18.3 Å². The lowest BCUT2D eigenvalue weighted by Crippen LogP contribution is -2.41. The van der Waals surface area contributed by atoms with E-state index in [4.69, 9.17) is 17.3 Å². The van der Waals surface area contributed by atoms with Crippen molar-refractivity contribution >= 4 is 30.7 Å². The van der Waals surface area contributed by atoms with Gasteiger partial charge in [0.05, 0.1) is 32.1 Å². The third-order valence-electron chi connectivity index (χ3n) is 4.65. The first-order chi connectivity index (χ1) is 13.6. The molecule has 1 unspecified atom stereocenters. The number of aromatic nitrogens is 3. The predicted molar refractivity (Wildman–Crippen MR) is 102 cm³/mol. The van der Waals surface area contributed by atoms with Crippen LogP contribution in [-0.2, 0) is 9.47 Å². The van der Waals surface area contributed by atoms with Gasteiger partial charge in [0.1, 0.15) is 25.0 Å². The van der Waals surface area contributed by atoms with Gasteiger partial charge in [-0.3, -0.25) is 0 Å². The Kier molecular flexibility index (Phi) is 5.00. The third kappa shape index (κ3) is 3.33. The van der Waals surface area contributed by atoms with Crippen LogP contribution in [-0.4, -0.2) is 54.8 Å². The van der Waals surface area contributed by atoms with Crippen molar-refractivity contribution in [2.24, 2.45) is 0 Å². The lowest BCUT2D eigenvalue weighted by atomic mass is 9.91. The first kappa shape index (κ1) is 18.4. The number of ether oxygens (including phenoxy) is 2. The van der Waals surface area contributed by atoms with Crippen molar-refractivity contribution in [3.05, 3.63) is 53.6 Å². The van der Waals surface area contributed by atoms with Crippen LogP contribution in [0.2, 0.25) is 0 Å². The van der Waals surface area contributed by atoms with Gasteiger partial charge in [0.25, 0.3) is 0 Å². The summed E-state index contributed by atoms with van der Waals surface area (Å²) < 4.78 is 26.6. The number of rotatable bonds is 4. The molecule has 7 nitrogen and oxygen atoms in total. The van der Waals surface area contributed by atoms with Crippen LogP contribution in [0.3, 0.4) is 0 Å². The SMILES string of the molecule is [B]c1ccc(F)c(C2COCCN2c2ccn3ncc(C(=O)OCC)c3n2)c1. The molecule has 2 aromatic heterocycles. The number of fused-ring (bicyclic) bond motifs is 1. The zero-order valence-electron chi connectivity index (χ0n) is 15.3. The fraction of sp³-hybridized carbons (Fsp3) is 0.316. The highest BCUT2D eigenvalue weighted by molar-refractivity contribution is 6.32. The van der Waals surface area contributed by atoms with Gasteiger partial charge in [0.2, 0.25) is 0 Å². The maximum absolute atomic E-state index is 14.5. The Labute approximate surface area is 162 Å². The largest absolute Gasteiger partial charge is 0.462 e. The van der Waals surface area contributed by atoms with E-state index in [0.717, 1.165) is 0 Å². The summed E-state index contributed by atoms with van der Waals surface area (Å²) in [5.74, 6) is -0.247. The Hall–Kier alpha value is -2.94. The highest BCUT2D eigenvalue weighted by Gasteiger charge is 2.29. The minimum absolute atomic E-state index is 0.260. The Bertz CT molecular complexity index is 1030. The average Bonchev–Trinajstić information content (AvgIpc) is 3.13. The number of carbonyl (C=O) groups is 1. The maximum Gasteiger partial charge on any atom is 0.343 e. The topological polar surface area (TPSA) is 69.0 Å².